The van der Waals surface area contributed by atoms with Crippen molar-refractivity contribution in [3.05, 3.63) is 57.1 Å². The molecular weight excluding hydrogens is 291 g/mol. The summed E-state index contributed by atoms with van der Waals surface area (Å²) < 4.78 is 0. The van der Waals surface area contributed by atoms with Crippen molar-refractivity contribution in [1.82, 2.24) is 9.97 Å². The third-order valence-corrected chi connectivity index (χ3v) is 4.44. The molecule has 2 nitrogen and oxygen atoms in total. The molecule has 0 fully saturated rings. The van der Waals surface area contributed by atoms with E-state index >= 15 is 0 Å². The second-order valence-electron chi connectivity index (χ2n) is 5.61. The lowest BCUT2D eigenvalue weighted by molar-refractivity contribution is 0.676. The maximum Gasteiger partial charge on any atom is 0.137 e. The number of nitrogens with zero attached hydrogens (tertiary/aromatic N) is 2. The molecule has 3 rings (SSSR count). The van der Waals surface area contributed by atoms with Gasteiger partial charge in [-0.15, -0.1) is 0 Å². The van der Waals surface area contributed by atoms with Gasteiger partial charge in [-0.2, -0.15) is 0 Å². The molecule has 2 aromatic rings. The summed E-state index contributed by atoms with van der Waals surface area (Å²) in [5, 5.41) is 0.983. The summed E-state index contributed by atoms with van der Waals surface area (Å²) in [5.74, 6) is 1.27. The molecule has 1 aliphatic carbocycles. The van der Waals surface area contributed by atoms with Gasteiger partial charge in [-0.05, 0) is 29.9 Å². The zero-order valence-electron chi connectivity index (χ0n) is 11.5. The van der Waals surface area contributed by atoms with E-state index in [1.807, 2.05) is 13.8 Å². The van der Waals surface area contributed by atoms with E-state index in [0.717, 1.165) is 24.2 Å². The van der Waals surface area contributed by atoms with E-state index in [1.54, 1.807) is 0 Å². The van der Waals surface area contributed by atoms with Crippen LogP contribution in [0.2, 0.25) is 10.3 Å². The topological polar surface area (TPSA) is 25.8 Å². The van der Waals surface area contributed by atoms with Crippen molar-refractivity contribution in [2.75, 3.05) is 0 Å². The van der Waals surface area contributed by atoms with Crippen LogP contribution in [0.4, 0.5) is 0 Å². The highest BCUT2D eigenvalue weighted by atomic mass is 35.5. The Hall–Kier alpha value is -1.12. The maximum atomic E-state index is 6.28. The molecule has 0 atom stereocenters. The lowest BCUT2D eigenvalue weighted by Gasteiger charge is -2.13. The lowest BCUT2D eigenvalue weighted by Crippen LogP contribution is -2.08. The molecule has 4 heteroatoms. The Bertz CT molecular complexity index is 605. The average Bonchev–Trinajstić information content (AvgIpc) is 2.81. The largest absolute Gasteiger partial charge is 0.220 e. The molecular formula is C16H16Cl2N2. The van der Waals surface area contributed by atoms with Gasteiger partial charge >= 0.3 is 0 Å². The van der Waals surface area contributed by atoms with Crippen molar-refractivity contribution in [2.45, 2.75) is 38.5 Å². The summed E-state index contributed by atoms with van der Waals surface area (Å²) >= 11 is 12.6. The summed E-state index contributed by atoms with van der Waals surface area (Å²) in [4.78, 5) is 8.98. The summed E-state index contributed by atoms with van der Waals surface area (Å²) in [7, 11) is 0. The van der Waals surface area contributed by atoms with E-state index in [4.69, 9.17) is 23.2 Å². The number of fused-ring (bicyclic) bond motifs is 1. The van der Waals surface area contributed by atoms with E-state index < -0.39 is 0 Å². The second kappa shape index (κ2) is 5.34. The van der Waals surface area contributed by atoms with Crippen molar-refractivity contribution in [3.8, 4) is 0 Å². The van der Waals surface area contributed by atoms with Gasteiger partial charge in [0.05, 0.1) is 0 Å². The lowest BCUT2D eigenvalue weighted by atomic mass is 10.0. The monoisotopic (exact) mass is 306 g/mol. The van der Waals surface area contributed by atoms with Gasteiger partial charge in [0.15, 0.2) is 0 Å². The molecule has 0 N–H and O–H groups in total. The van der Waals surface area contributed by atoms with E-state index in [0.29, 0.717) is 10.3 Å². The zero-order valence-corrected chi connectivity index (χ0v) is 13.0. The number of aromatic nitrogens is 2. The number of hydrogen-bond donors (Lipinski definition) is 0. The number of rotatable bonds is 2. The average molecular weight is 307 g/mol. The van der Waals surface area contributed by atoms with Crippen LogP contribution in [-0.4, -0.2) is 9.97 Å². The summed E-state index contributed by atoms with van der Waals surface area (Å²) in [6.45, 7) is 4.09. The highest BCUT2D eigenvalue weighted by Gasteiger charge is 2.26. The molecule has 104 valence electrons. The molecule has 0 amide bonds. The first-order valence-corrected chi connectivity index (χ1v) is 7.61. The van der Waals surface area contributed by atoms with E-state index in [2.05, 4.69) is 34.2 Å². The van der Waals surface area contributed by atoms with Gasteiger partial charge in [0.1, 0.15) is 16.1 Å². The highest BCUT2D eigenvalue weighted by Crippen LogP contribution is 2.35. The Morgan fingerprint density at radius 2 is 1.50 bits per heavy atom. The smallest absolute Gasteiger partial charge is 0.137 e. The molecule has 1 heterocycles. The molecule has 0 saturated carbocycles. The van der Waals surface area contributed by atoms with Crippen molar-refractivity contribution < 1.29 is 0 Å². The van der Waals surface area contributed by atoms with Crippen LogP contribution in [-0.2, 0) is 12.8 Å². The molecule has 0 unspecified atom stereocenters. The minimum Gasteiger partial charge on any atom is -0.220 e. The molecule has 0 bridgehead atoms. The molecule has 0 radical (unpaired) electrons. The first-order chi connectivity index (χ1) is 9.56. The van der Waals surface area contributed by atoms with Crippen LogP contribution in [0.5, 0.6) is 0 Å². The molecule has 1 aliphatic rings. The third-order valence-electron chi connectivity index (χ3n) is 3.86. The van der Waals surface area contributed by atoms with Gasteiger partial charge in [-0.3, -0.25) is 0 Å². The fraction of sp³-hybridized carbons (Fsp3) is 0.375. The predicted octanol–water partition coefficient (Wildman–Crippen LogP) is 4.79. The maximum absolute atomic E-state index is 6.28. The van der Waals surface area contributed by atoms with Crippen LogP contribution in [0.25, 0.3) is 0 Å². The van der Waals surface area contributed by atoms with E-state index in [9.17, 15) is 0 Å². The van der Waals surface area contributed by atoms with Gasteiger partial charge in [-0.1, -0.05) is 61.3 Å². The van der Waals surface area contributed by atoms with Crippen LogP contribution < -0.4 is 0 Å². The predicted molar refractivity (Wildman–Crippen MR) is 82.7 cm³/mol. The molecule has 1 aromatic carbocycles. The quantitative estimate of drug-likeness (QED) is 0.746. The van der Waals surface area contributed by atoms with Crippen molar-refractivity contribution in [1.29, 1.82) is 0 Å². The van der Waals surface area contributed by atoms with Crippen LogP contribution in [0.3, 0.4) is 0 Å². The van der Waals surface area contributed by atoms with Crippen LogP contribution >= 0.6 is 23.2 Å². The van der Waals surface area contributed by atoms with Gasteiger partial charge in [-0.25, -0.2) is 9.97 Å². The Labute approximate surface area is 129 Å². The molecule has 0 aliphatic heterocycles. The minimum absolute atomic E-state index is 0.227. The number of hydrogen-bond acceptors (Lipinski definition) is 2. The first-order valence-electron chi connectivity index (χ1n) is 6.86. The Balaban J connectivity index is 1.94. The van der Waals surface area contributed by atoms with Crippen molar-refractivity contribution in [2.24, 2.45) is 0 Å². The van der Waals surface area contributed by atoms with Crippen LogP contribution in [0.15, 0.2) is 24.3 Å². The summed E-state index contributed by atoms with van der Waals surface area (Å²) in [5.41, 5.74) is 3.59. The van der Waals surface area contributed by atoms with Gasteiger partial charge < -0.3 is 0 Å². The Kier molecular flexibility index (Phi) is 3.70. The molecule has 0 spiro atoms. The normalized spacial score (nSPS) is 14.8. The molecule has 20 heavy (non-hydrogen) atoms. The van der Waals surface area contributed by atoms with E-state index in [1.165, 1.54) is 11.1 Å². The molecule has 1 aromatic heterocycles. The van der Waals surface area contributed by atoms with Gasteiger partial charge in [0.2, 0.25) is 0 Å². The number of halogens is 2. The standard InChI is InChI=1S/C16H16Cl2N2/c1-9(2)13-14(17)19-16(20-15(13)18)12-7-10-5-3-4-6-11(10)8-12/h3-6,9,12H,7-8H2,1-2H3. The fourth-order valence-electron chi connectivity index (χ4n) is 2.83. The highest BCUT2D eigenvalue weighted by molar-refractivity contribution is 6.34. The van der Waals surface area contributed by atoms with Crippen molar-refractivity contribution in [3.63, 3.8) is 0 Å². The first kappa shape index (κ1) is 13.8. The molecule has 0 saturated heterocycles. The number of benzene rings is 1. The SMILES string of the molecule is CC(C)c1c(Cl)nc(C2Cc3ccccc3C2)nc1Cl. The second-order valence-corrected chi connectivity index (χ2v) is 6.32. The Morgan fingerprint density at radius 3 is 1.95 bits per heavy atom. The minimum atomic E-state index is 0.227. The summed E-state index contributed by atoms with van der Waals surface area (Å²) in [6.07, 6.45) is 1.92. The third kappa shape index (κ3) is 2.43. The van der Waals surface area contributed by atoms with Gasteiger partial charge in [0, 0.05) is 11.5 Å². The van der Waals surface area contributed by atoms with Gasteiger partial charge in [0.25, 0.3) is 0 Å². The zero-order chi connectivity index (χ0) is 14.3. The Morgan fingerprint density at radius 1 is 1.00 bits per heavy atom. The summed E-state index contributed by atoms with van der Waals surface area (Å²) in [6, 6.07) is 8.48. The fourth-order valence-corrected chi connectivity index (χ4v) is 3.67. The van der Waals surface area contributed by atoms with Crippen LogP contribution in [0, 0.1) is 0 Å². The van der Waals surface area contributed by atoms with Crippen LogP contribution in [0.1, 0.15) is 48.2 Å². The van der Waals surface area contributed by atoms with E-state index in [-0.39, 0.29) is 11.8 Å². The van der Waals surface area contributed by atoms with Crippen molar-refractivity contribution >= 4 is 23.2 Å².